The first-order chi connectivity index (χ1) is 12.5. The number of carbonyl (C=O) groups is 1. The number of rotatable bonds is 3. The van der Waals surface area contributed by atoms with Crippen molar-refractivity contribution in [2.24, 2.45) is 11.8 Å². The van der Waals surface area contributed by atoms with Crippen molar-refractivity contribution in [3.63, 3.8) is 0 Å². The zero-order valence-corrected chi connectivity index (χ0v) is 16.8. The number of hydrogen-bond acceptors (Lipinski definition) is 8. The maximum Gasteiger partial charge on any atom is 0.237 e. The van der Waals surface area contributed by atoms with E-state index < -0.39 is 13.4 Å². The Kier molecular flexibility index (Phi) is 6.94. The Morgan fingerprint density at radius 2 is 1.86 bits per heavy atom. The lowest BCUT2D eigenvalue weighted by atomic mass is 9.51. The van der Waals surface area contributed by atoms with Crippen molar-refractivity contribution >= 4 is 13.7 Å². The van der Waals surface area contributed by atoms with E-state index in [2.05, 4.69) is 11.4 Å². The first kappa shape index (κ1) is 23.2. The zero-order valence-electron chi connectivity index (χ0n) is 15.9. The molecule has 4 bridgehead atoms. The first-order valence-electron chi connectivity index (χ1n) is 9.42. The monoisotopic (exact) mass is 416 g/mol. The van der Waals surface area contributed by atoms with E-state index in [1.54, 1.807) is 4.90 Å². The second-order valence-electron chi connectivity index (χ2n) is 8.66. The highest BCUT2D eigenvalue weighted by atomic mass is 31.2. The summed E-state index contributed by atoms with van der Waals surface area (Å²) in [6.45, 7) is 1.02. The van der Waals surface area contributed by atoms with Gasteiger partial charge in [0.2, 0.25) is 5.91 Å². The molecular formula is C17H29N4O6P-2. The van der Waals surface area contributed by atoms with Crippen LogP contribution in [0.5, 0.6) is 0 Å². The van der Waals surface area contributed by atoms with E-state index in [-0.39, 0.29) is 23.6 Å². The lowest BCUT2D eigenvalue weighted by Crippen LogP contribution is -2.65. The topological polar surface area (TPSA) is 195 Å². The minimum atomic E-state index is -5.14. The normalized spacial score (nSPS) is 38.2. The molecule has 0 radical (unpaired) electrons. The van der Waals surface area contributed by atoms with E-state index in [9.17, 15) is 9.90 Å². The number of carbonyl (C=O) groups excluding carboxylic acids is 1. The molecule has 0 aromatic heterocycles. The molecule has 0 aromatic carbocycles. The van der Waals surface area contributed by atoms with Gasteiger partial charge in [-0.1, -0.05) is 0 Å². The molecule has 160 valence electrons. The SMILES string of the molecule is N.N#C[C@@H]1CCCN1C(=O)CNC12CC3CC(CC(O)(C3)C1)C2.O=P([O-])([O-])O. The molecule has 1 heterocycles. The number of hydrogen-bond donors (Lipinski definition) is 4. The van der Waals surface area contributed by atoms with Crippen molar-refractivity contribution in [3.05, 3.63) is 0 Å². The highest BCUT2D eigenvalue weighted by Gasteiger charge is 2.57. The molecule has 28 heavy (non-hydrogen) atoms. The molecule has 5 fully saturated rings. The lowest BCUT2D eigenvalue weighted by Gasteiger charge is -2.60. The van der Waals surface area contributed by atoms with Gasteiger partial charge in [0.25, 0.3) is 0 Å². The molecule has 0 aromatic rings. The Bertz CT molecular complexity index is 655. The number of nitrogens with one attached hydrogen (secondary N) is 1. The quantitative estimate of drug-likeness (QED) is 0.423. The van der Waals surface area contributed by atoms with Crippen LogP contribution in [-0.4, -0.2) is 51.1 Å². The minimum absolute atomic E-state index is 0. The summed E-state index contributed by atoms with van der Waals surface area (Å²) in [5.74, 6) is 1.28. The van der Waals surface area contributed by atoms with Crippen molar-refractivity contribution in [2.45, 2.75) is 68.5 Å². The average Bonchev–Trinajstić information content (AvgIpc) is 2.97. The van der Waals surface area contributed by atoms with Crippen LogP contribution in [-0.2, 0) is 9.36 Å². The van der Waals surface area contributed by atoms with Gasteiger partial charge in [0.1, 0.15) is 6.04 Å². The third-order valence-electron chi connectivity index (χ3n) is 6.37. The van der Waals surface area contributed by atoms with Crippen LogP contribution < -0.4 is 21.3 Å². The van der Waals surface area contributed by atoms with Gasteiger partial charge in [0, 0.05) is 12.1 Å². The molecule has 2 unspecified atom stereocenters. The third kappa shape index (κ3) is 5.51. The van der Waals surface area contributed by atoms with E-state index in [0.717, 1.165) is 44.9 Å². The average molecular weight is 416 g/mol. The lowest BCUT2D eigenvalue weighted by molar-refractivity contribution is -0.337. The molecular weight excluding hydrogens is 387 g/mol. The molecule has 11 heteroatoms. The van der Waals surface area contributed by atoms with Crippen molar-refractivity contribution in [3.8, 4) is 6.07 Å². The number of likely N-dealkylation sites (tertiary alicyclic amines) is 1. The standard InChI is InChI=1S/C17H25N3O2.H3N.H3O4P/c18-9-14-2-1-3-20(14)15(21)10-19-16-5-12-4-13(6-16)8-17(22,7-12)11-16;;1-5(2,3)4/h12-14,19,22H,1-8,10-11H2;1H3;(H3,1,2,3,4)/p-2/t12?,13?,14-,16?,17?;;/m0../s1. The second kappa shape index (κ2) is 8.36. The molecule has 5 rings (SSSR count). The van der Waals surface area contributed by atoms with Gasteiger partial charge in [-0.3, -0.25) is 4.79 Å². The first-order valence-corrected chi connectivity index (χ1v) is 10.9. The van der Waals surface area contributed by atoms with Crippen LogP contribution in [0, 0.1) is 23.2 Å². The molecule has 1 saturated heterocycles. The fourth-order valence-electron chi connectivity index (χ4n) is 5.99. The van der Waals surface area contributed by atoms with Gasteiger partial charge in [0.15, 0.2) is 0 Å². The Balaban J connectivity index is 0.000000420. The van der Waals surface area contributed by atoms with E-state index >= 15 is 0 Å². The van der Waals surface area contributed by atoms with Crippen LogP contribution in [0.15, 0.2) is 0 Å². The number of amides is 1. The van der Waals surface area contributed by atoms with Gasteiger partial charge in [-0.2, -0.15) is 5.26 Å². The summed E-state index contributed by atoms with van der Waals surface area (Å²) in [5, 5.41) is 23.4. The van der Waals surface area contributed by atoms with Crippen molar-refractivity contribution < 1.29 is 29.1 Å². The molecule has 0 spiro atoms. The van der Waals surface area contributed by atoms with E-state index in [0.29, 0.717) is 24.9 Å². The number of aliphatic hydroxyl groups is 1. The van der Waals surface area contributed by atoms with Crippen molar-refractivity contribution in [2.75, 3.05) is 13.1 Å². The van der Waals surface area contributed by atoms with Crippen LogP contribution in [0.4, 0.5) is 0 Å². The Hall–Kier alpha value is -1.05. The number of phosphoric acid groups is 1. The van der Waals surface area contributed by atoms with Crippen LogP contribution in [0.2, 0.25) is 0 Å². The fraction of sp³-hybridized carbons (Fsp3) is 0.882. The Labute approximate surface area is 164 Å². The predicted molar refractivity (Wildman–Crippen MR) is 95.6 cm³/mol. The second-order valence-corrected chi connectivity index (χ2v) is 9.60. The van der Waals surface area contributed by atoms with Crippen LogP contribution in [0.1, 0.15) is 51.4 Å². The maximum atomic E-state index is 12.4. The summed E-state index contributed by atoms with van der Waals surface area (Å²) in [6, 6.07) is 1.99. The molecule has 4 saturated carbocycles. The summed E-state index contributed by atoms with van der Waals surface area (Å²) in [6.07, 6.45) is 7.87. The van der Waals surface area contributed by atoms with Gasteiger partial charge in [-0.15, -0.1) is 0 Å². The molecule has 1 amide bonds. The summed E-state index contributed by atoms with van der Waals surface area (Å²) in [5.41, 5.74) is -0.542. The Morgan fingerprint density at radius 1 is 1.29 bits per heavy atom. The van der Waals surface area contributed by atoms with Crippen molar-refractivity contribution in [1.82, 2.24) is 16.4 Å². The largest absolute Gasteiger partial charge is 0.790 e. The van der Waals surface area contributed by atoms with Crippen molar-refractivity contribution in [1.29, 1.82) is 5.26 Å². The summed E-state index contributed by atoms with van der Waals surface area (Å²) in [4.78, 5) is 38.4. The predicted octanol–water partition coefficient (Wildman–Crippen LogP) is -0.856. The maximum absolute atomic E-state index is 12.4. The van der Waals surface area contributed by atoms with E-state index in [4.69, 9.17) is 24.5 Å². The van der Waals surface area contributed by atoms with Gasteiger partial charge < -0.3 is 40.7 Å². The summed E-state index contributed by atoms with van der Waals surface area (Å²) < 4.78 is 8.66. The Morgan fingerprint density at radius 3 is 2.36 bits per heavy atom. The van der Waals surface area contributed by atoms with E-state index in [1.807, 2.05) is 0 Å². The van der Waals surface area contributed by atoms with Gasteiger partial charge in [-0.05, 0) is 63.2 Å². The smallest absolute Gasteiger partial charge is 0.237 e. The molecule has 6 N–H and O–H groups in total. The summed E-state index contributed by atoms with van der Waals surface area (Å²) >= 11 is 0. The third-order valence-corrected chi connectivity index (χ3v) is 6.37. The highest BCUT2D eigenvalue weighted by Crippen LogP contribution is 2.57. The van der Waals surface area contributed by atoms with Crippen LogP contribution in [0.3, 0.4) is 0 Å². The molecule has 10 nitrogen and oxygen atoms in total. The van der Waals surface area contributed by atoms with Crippen LogP contribution >= 0.6 is 7.82 Å². The zero-order chi connectivity index (χ0) is 19.9. The minimum Gasteiger partial charge on any atom is -0.790 e. The van der Waals surface area contributed by atoms with Gasteiger partial charge >= 0.3 is 0 Å². The van der Waals surface area contributed by atoms with E-state index in [1.165, 1.54) is 6.42 Å². The molecule has 4 aliphatic carbocycles. The van der Waals surface area contributed by atoms with Crippen LogP contribution in [0.25, 0.3) is 0 Å². The van der Waals surface area contributed by atoms with Gasteiger partial charge in [0.05, 0.1) is 26.0 Å². The number of nitrogens with zero attached hydrogens (tertiary/aromatic N) is 2. The summed E-state index contributed by atoms with van der Waals surface area (Å²) in [7, 11) is -5.14. The highest BCUT2D eigenvalue weighted by molar-refractivity contribution is 7.42. The fourth-order valence-corrected chi connectivity index (χ4v) is 5.99. The number of nitriles is 1. The molecule has 5 aliphatic rings. The molecule has 3 atom stereocenters. The molecule has 1 aliphatic heterocycles. The van der Waals surface area contributed by atoms with Gasteiger partial charge in [-0.25, -0.2) is 0 Å².